The van der Waals surface area contributed by atoms with Crippen molar-refractivity contribution >= 4 is 17.3 Å². The van der Waals surface area contributed by atoms with E-state index in [0.717, 1.165) is 30.8 Å². The molecule has 1 amide bonds. The lowest BCUT2D eigenvalue weighted by molar-refractivity contribution is -0.137. The molecule has 2 aliphatic heterocycles. The van der Waals surface area contributed by atoms with Crippen molar-refractivity contribution in [1.82, 2.24) is 4.90 Å². The van der Waals surface area contributed by atoms with Crippen LogP contribution >= 0.6 is 0 Å². The Hall–Kier alpha value is -2.65. The predicted molar refractivity (Wildman–Crippen MR) is 115 cm³/mol. The molecule has 2 atom stereocenters. The molecule has 0 spiro atoms. The zero-order valence-corrected chi connectivity index (χ0v) is 17.9. The van der Waals surface area contributed by atoms with Crippen LogP contribution in [0, 0.1) is 23.6 Å². The zero-order valence-electron chi connectivity index (χ0n) is 17.9. The van der Waals surface area contributed by atoms with Crippen molar-refractivity contribution in [3.8, 4) is 0 Å². The number of amides is 1. The summed E-state index contributed by atoms with van der Waals surface area (Å²) in [6.07, 6.45) is -4.33. The Balaban J connectivity index is 1.12. The van der Waals surface area contributed by atoms with Gasteiger partial charge in [0.2, 0.25) is 5.91 Å². The van der Waals surface area contributed by atoms with Crippen molar-refractivity contribution in [3.63, 3.8) is 0 Å². The summed E-state index contributed by atoms with van der Waals surface area (Å²) in [5, 5.41) is 2.84. The largest absolute Gasteiger partial charge is 0.416 e. The van der Waals surface area contributed by atoms with Crippen LogP contribution in [0.25, 0.3) is 0 Å². The molecule has 5 nitrogen and oxygen atoms in total. The highest BCUT2D eigenvalue weighted by Gasteiger charge is 2.59. The summed E-state index contributed by atoms with van der Waals surface area (Å²) in [5.41, 5.74) is 1.13. The van der Waals surface area contributed by atoms with Gasteiger partial charge in [-0.2, -0.15) is 13.2 Å². The lowest BCUT2D eigenvalue weighted by Gasteiger charge is -2.29. The summed E-state index contributed by atoms with van der Waals surface area (Å²) in [6, 6.07) is 9.99. The number of fused-ring (bicyclic) bond motifs is 1. The zero-order chi connectivity index (χ0) is 23.2. The van der Waals surface area contributed by atoms with Crippen LogP contribution in [0.15, 0.2) is 42.5 Å². The van der Waals surface area contributed by atoms with E-state index >= 15 is 0 Å². The van der Waals surface area contributed by atoms with Crippen LogP contribution in [-0.4, -0.2) is 50.2 Å². The van der Waals surface area contributed by atoms with Gasteiger partial charge >= 0.3 is 6.18 Å². The monoisotopic (exact) mass is 463 g/mol. The molecule has 1 aliphatic carbocycles. The maximum atomic E-state index is 14.6. The number of alkyl halides is 3. The third-order valence-electron chi connectivity index (χ3n) is 6.83. The first kappa shape index (κ1) is 22.2. The van der Waals surface area contributed by atoms with E-state index in [9.17, 15) is 22.4 Å². The molecule has 2 aromatic carbocycles. The second-order valence-electron chi connectivity index (χ2n) is 9.00. The summed E-state index contributed by atoms with van der Waals surface area (Å²) in [6.45, 7) is 4.43. The topological polar surface area (TPSA) is 44.8 Å². The predicted octanol–water partition coefficient (Wildman–Crippen LogP) is 4.00. The molecule has 3 fully saturated rings. The number of anilines is 2. The van der Waals surface area contributed by atoms with Gasteiger partial charge in [-0.1, -0.05) is 12.1 Å². The number of nitrogens with one attached hydrogen (secondary N) is 1. The van der Waals surface area contributed by atoms with Crippen LogP contribution < -0.4 is 10.2 Å². The SMILES string of the molecule is O=C(Nc1ccc(N2CCOCC2)c(F)c1)C1C2CN(Cc3ccc(C(F)(F)F)cc3)CC21. The Morgan fingerprint density at radius 3 is 2.30 bits per heavy atom. The molecule has 33 heavy (non-hydrogen) atoms. The smallest absolute Gasteiger partial charge is 0.378 e. The Labute approximate surface area is 189 Å². The highest BCUT2D eigenvalue weighted by atomic mass is 19.4. The van der Waals surface area contributed by atoms with Gasteiger partial charge < -0.3 is 15.0 Å². The number of rotatable bonds is 5. The Bertz CT molecular complexity index is 1010. The molecule has 0 aromatic heterocycles. The molecule has 2 heterocycles. The van der Waals surface area contributed by atoms with Gasteiger partial charge in [0, 0.05) is 44.3 Å². The van der Waals surface area contributed by atoms with Gasteiger partial charge in [-0.25, -0.2) is 4.39 Å². The van der Waals surface area contributed by atoms with E-state index in [0.29, 0.717) is 44.2 Å². The van der Waals surface area contributed by atoms with E-state index in [1.165, 1.54) is 18.2 Å². The van der Waals surface area contributed by atoms with Crippen molar-refractivity contribution in [2.45, 2.75) is 12.7 Å². The first-order valence-electron chi connectivity index (χ1n) is 11.1. The van der Waals surface area contributed by atoms with Crippen LogP contribution in [0.3, 0.4) is 0 Å². The van der Waals surface area contributed by atoms with E-state index in [-0.39, 0.29) is 29.5 Å². The number of carbonyl (C=O) groups is 1. The van der Waals surface area contributed by atoms with E-state index < -0.39 is 11.7 Å². The van der Waals surface area contributed by atoms with Crippen molar-refractivity contribution in [1.29, 1.82) is 0 Å². The lowest BCUT2D eigenvalue weighted by atomic mass is 10.1. The quantitative estimate of drug-likeness (QED) is 0.681. The summed E-state index contributed by atoms with van der Waals surface area (Å²) in [4.78, 5) is 16.8. The minimum atomic E-state index is -4.33. The number of carbonyl (C=O) groups excluding carboxylic acids is 1. The number of nitrogens with zero attached hydrogens (tertiary/aromatic N) is 2. The Morgan fingerprint density at radius 1 is 1.03 bits per heavy atom. The number of ether oxygens (including phenoxy) is 1. The van der Waals surface area contributed by atoms with Crippen LogP contribution in [0.1, 0.15) is 11.1 Å². The van der Waals surface area contributed by atoms with Gasteiger partial charge in [0.05, 0.1) is 24.5 Å². The standard InChI is InChI=1S/C24H25F4N3O2/c25-20-11-17(5-6-21(20)31-7-9-33-10-8-31)29-23(32)22-18-13-30(14-19(18)22)12-15-1-3-16(4-2-15)24(26,27)28/h1-6,11,18-19,22H,7-10,12-14H2,(H,29,32). The summed E-state index contributed by atoms with van der Waals surface area (Å²) < 4.78 is 58.0. The van der Waals surface area contributed by atoms with Gasteiger partial charge in [-0.3, -0.25) is 9.69 Å². The van der Waals surface area contributed by atoms with Crippen LogP contribution in [-0.2, 0) is 22.3 Å². The fourth-order valence-electron chi connectivity index (χ4n) is 5.06. The average Bonchev–Trinajstić information content (AvgIpc) is 3.30. The number of piperidine rings is 1. The van der Waals surface area contributed by atoms with Gasteiger partial charge in [-0.05, 0) is 47.7 Å². The maximum Gasteiger partial charge on any atom is 0.416 e. The molecule has 1 saturated carbocycles. The number of likely N-dealkylation sites (tertiary alicyclic amines) is 1. The van der Waals surface area contributed by atoms with Crippen LogP contribution in [0.5, 0.6) is 0 Å². The van der Waals surface area contributed by atoms with E-state index in [1.54, 1.807) is 12.1 Å². The van der Waals surface area contributed by atoms with E-state index in [1.807, 2.05) is 4.90 Å². The van der Waals surface area contributed by atoms with Crippen molar-refractivity contribution in [2.24, 2.45) is 17.8 Å². The molecular weight excluding hydrogens is 438 g/mol. The third-order valence-corrected chi connectivity index (χ3v) is 6.83. The fourth-order valence-corrected chi connectivity index (χ4v) is 5.06. The highest BCUT2D eigenvalue weighted by Crippen LogP contribution is 2.52. The van der Waals surface area contributed by atoms with Gasteiger partial charge in [0.15, 0.2) is 0 Å². The van der Waals surface area contributed by atoms with E-state index in [2.05, 4.69) is 10.2 Å². The first-order valence-corrected chi connectivity index (χ1v) is 11.1. The molecule has 2 aromatic rings. The van der Waals surface area contributed by atoms with Crippen LogP contribution in [0.2, 0.25) is 0 Å². The Morgan fingerprint density at radius 2 is 1.70 bits per heavy atom. The van der Waals surface area contributed by atoms with Gasteiger partial charge in [0.25, 0.3) is 0 Å². The molecular formula is C24H25F4N3O2. The summed E-state index contributed by atoms with van der Waals surface area (Å²) >= 11 is 0. The van der Waals surface area contributed by atoms with Gasteiger partial charge in [-0.15, -0.1) is 0 Å². The molecule has 1 N–H and O–H groups in total. The highest BCUT2D eigenvalue weighted by molar-refractivity contribution is 5.95. The second kappa shape index (κ2) is 8.61. The van der Waals surface area contributed by atoms with Crippen LogP contribution in [0.4, 0.5) is 28.9 Å². The minimum Gasteiger partial charge on any atom is -0.378 e. The number of hydrogen-bond acceptors (Lipinski definition) is 4. The minimum absolute atomic E-state index is 0.0993. The number of halogens is 4. The second-order valence-corrected chi connectivity index (χ2v) is 9.00. The maximum absolute atomic E-state index is 14.6. The first-order chi connectivity index (χ1) is 15.8. The Kier molecular flexibility index (Phi) is 5.78. The number of benzene rings is 2. The molecule has 0 radical (unpaired) electrons. The van der Waals surface area contributed by atoms with E-state index in [4.69, 9.17) is 4.74 Å². The number of hydrogen-bond donors (Lipinski definition) is 1. The summed E-state index contributed by atoms with van der Waals surface area (Å²) in [5.74, 6) is -0.101. The third kappa shape index (κ3) is 4.70. The normalized spacial score (nSPS) is 25.1. The molecule has 5 rings (SSSR count). The van der Waals surface area contributed by atoms with Crippen molar-refractivity contribution < 1.29 is 27.1 Å². The fraction of sp³-hybridized carbons (Fsp3) is 0.458. The molecule has 9 heteroatoms. The number of morpholine rings is 1. The molecule has 176 valence electrons. The molecule has 2 unspecified atom stereocenters. The summed E-state index contributed by atoms with van der Waals surface area (Å²) in [7, 11) is 0. The van der Waals surface area contributed by atoms with Crippen molar-refractivity contribution in [3.05, 3.63) is 59.4 Å². The molecule has 2 saturated heterocycles. The average molecular weight is 463 g/mol. The van der Waals surface area contributed by atoms with Gasteiger partial charge in [0.1, 0.15) is 5.82 Å². The molecule has 3 aliphatic rings. The van der Waals surface area contributed by atoms with Crippen molar-refractivity contribution in [2.75, 3.05) is 49.6 Å². The molecule has 0 bridgehead atoms. The lowest BCUT2D eigenvalue weighted by Crippen LogP contribution is -2.36.